The van der Waals surface area contributed by atoms with Gasteiger partial charge in [0.15, 0.2) is 0 Å². The minimum Gasteiger partial charge on any atom is -0.392 e. The van der Waals surface area contributed by atoms with Gasteiger partial charge in [-0.25, -0.2) is 0 Å². The minimum atomic E-state index is -0.503. The molecule has 0 heterocycles. The van der Waals surface area contributed by atoms with Gasteiger partial charge in [0, 0.05) is 5.41 Å². The van der Waals surface area contributed by atoms with Gasteiger partial charge in [0.05, 0.1) is 24.9 Å². The highest BCUT2D eigenvalue weighted by Crippen LogP contribution is 2.61. The topological polar surface area (TPSA) is 49.7 Å². The van der Waals surface area contributed by atoms with Gasteiger partial charge < -0.3 is 14.9 Å². The summed E-state index contributed by atoms with van der Waals surface area (Å²) in [5.41, 5.74) is 2.16. The van der Waals surface area contributed by atoms with Crippen LogP contribution in [0, 0.1) is 34.5 Å². The molecule has 30 heavy (non-hydrogen) atoms. The van der Waals surface area contributed by atoms with Crippen molar-refractivity contribution in [2.45, 2.75) is 85.2 Å². The van der Waals surface area contributed by atoms with Crippen LogP contribution < -0.4 is 0 Å². The van der Waals surface area contributed by atoms with Crippen LogP contribution in [0.5, 0.6) is 0 Å². The number of aliphatic hydroxyl groups excluding tert-OH is 2. The molecule has 3 heteroatoms. The Bertz CT molecular complexity index is 770. The van der Waals surface area contributed by atoms with Crippen molar-refractivity contribution in [3.05, 3.63) is 47.5 Å². The molecule has 0 amide bonds. The summed E-state index contributed by atoms with van der Waals surface area (Å²) >= 11 is 0. The van der Waals surface area contributed by atoms with Crippen molar-refractivity contribution in [1.82, 2.24) is 0 Å². The molecule has 3 aliphatic rings. The molecule has 1 aromatic rings. The predicted molar refractivity (Wildman–Crippen MR) is 121 cm³/mol. The summed E-state index contributed by atoms with van der Waals surface area (Å²) in [7, 11) is 0. The second-order valence-electron chi connectivity index (χ2n) is 11.4. The maximum atomic E-state index is 11.8. The van der Waals surface area contributed by atoms with Crippen LogP contribution in [0.4, 0.5) is 0 Å². The van der Waals surface area contributed by atoms with Crippen LogP contribution in [-0.2, 0) is 11.3 Å². The fraction of sp³-hybridized carbons (Fsp3) is 0.704. The minimum absolute atomic E-state index is 0.0270. The van der Waals surface area contributed by atoms with E-state index in [2.05, 4.69) is 65.0 Å². The largest absolute Gasteiger partial charge is 0.392 e. The first-order valence-corrected chi connectivity index (χ1v) is 11.8. The third-order valence-electron chi connectivity index (χ3n) is 8.90. The number of aliphatic hydroxyl groups is 2. The van der Waals surface area contributed by atoms with E-state index in [0.29, 0.717) is 18.4 Å². The highest BCUT2D eigenvalue weighted by atomic mass is 16.5. The lowest BCUT2D eigenvalue weighted by Crippen LogP contribution is -2.49. The van der Waals surface area contributed by atoms with Gasteiger partial charge in [-0.15, -0.1) is 0 Å². The monoisotopic (exact) mass is 412 g/mol. The van der Waals surface area contributed by atoms with Crippen molar-refractivity contribution in [2.75, 3.05) is 0 Å². The number of hydrogen-bond acceptors (Lipinski definition) is 3. The maximum Gasteiger partial charge on any atom is 0.0720 e. The molecule has 2 fully saturated rings. The van der Waals surface area contributed by atoms with Crippen LogP contribution >= 0.6 is 0 Å². The quantitative estimate of drug-likeness (QED) is 0.657. The van der Waals surface area contributed by atoms with Crippen molar-refractivity contribution >= 4 is 0 Å². The second kappa shape index (κ2) is 8.07. The van der Waals surface area contributed by atoms with Crippen LogP contribution in [0.15, 0.2) is 42.0 Å². The summed E-state index contributed by atoms with van der Waals surface area (Å²) in [6.45, 7) is 11.8. The summed E-state index contributed by atoms with van der Waals surface area (Å²) in [6, 6.07) is 10.4. The number of benzene rings is 1. The lowest BCUT2D eigenvalue weighted by atomic mass is 9.63. The van der Waals surface area contributed by atoms with Gasteiger partial charge in [-0.1, -0.05) is 69.7 Å². The average molecular weight is 413 g/mol. The van der Waals surface area contributed by atoms with Crippen molar-refractivity contribution in [3.63, 3.8) is 0 Å². The lowest BCUT2D eigenvalue weighted by molar-refractivity contribution is -0.108. The van der Waals surface area contributed by atoms with Gasteiger partial charge in [-0.2, -0.15) is 0 Å². The predicted octanol–water partition coefficient (Wildman–Crippen LogP) is 5.36. The maximum absolute atomic E-state index is 11.8. The number of allylic oxidation sites excluding steroid dienone is 2. The molecule has 0 unspecified atom stereocenters. The molecule has 3 nitrogen and oxygen atoms in total. The van der Waals surface area contributed by atoms with E-state index in [-0.39, 0.29) is 23.4 Å². The number of fused-ring (bicyclic) bond motifs is 2. The molecule has 0 aliphatic heterocycles. The molecule has 3 aliphatic carbocycles. The summed E-state index contributed by atoms with van der Waals surface area (Å²) in [5.74, 6) is 1.14. The molecule has 8 atom stereocenters. The highest BCUT2D eigenvalue weighted by Gasteiger charge is 2.61. The molecule has 4 rings (SSSR count). The van der Waals surface area contributed by atoms with Gasteiger partial charge in [0.1, 0.15) is 0 Å². The fourth-order valence-corrected chi connectivity index (χ4v) is 7.24. The van der Waals surface area contributed by atoms with Crippen LogP contribution in [0.25, 0.3) is 0 Å². The van der Waals surface area contributed by atoms with Crippen molar-refractivity contribution in [1.29, 1.82) is 0 Å². The Hall–Kier alpha value is -1.16. The Morgan fingerprint density at radius 3 is 2.47 bits per heavy atom. The SMILES string of the molecule is C/C1=C/C[C@@H]2C(C)(C)C[C@@H](O)[C@@]2(C)[C@@H](O)[C@H]2C[C@@H](C)[C@H](OCc3ccccc3)[C@H]2C1. The zero-order valence-electron chi connectivity index (χ0n) is 19.3. The average Bonchev–Trinajstić information content (AvgIpc) is 3.10. The van der Waals surface area contributed by atoms with Crippen molar-refractivity contribution in [2.24, 2.45) is 34.5 Å². The van der Waals surface area contributed by atoms with E-state index >= 15 is 0 Å². The van der Waals surface area contributed by atoms with Crippen LogP contribution in [0.1, 0.15) is 65.9 Å². The third-order valence-corrected chi connectivity index (χ3v) is 8.90. The number of rotatable bonds is 3. The summed E-state index contributed by atoms with van der Waals surface area (Å²) in [6.07, 6.45) is 5.21. The van der Waals surface area contributed by atoms with E-state index in [1.54, 1.807) is 0 Å². The highest BCUT2D eigenvalue weighted by molar-refractivity contribution is 5.17. The lowest BCUT2D eigenvalue weighted by Gasteiger charge is -2.44. The van der Waals surface area contributed by atoms with Crippen LogP contribution in [0.3, 0.4) is 0 Å². The molecule has 0 aromatic heterocycles. The van der Waals surface area contributed by atoms with Gasteiger partial charge in [-0.05, 0) is 67.3 Å². The van der Waals surface area contributed by atoms with Crippen molar-refractivity contribution in [3.8, 4) is 0 Å². The van der Waals surface area contributed by atoms with E-state index in [1.165, 1.54) is 11.1 Å². The Balaban J connectivity index is 1.63. The molecule has 2 N–H and O–H groups in total. The smallest absolute Gasteiger partial charge is 0.0720 e. The Labute approximate surface area is 182 Å². The molecular formula is C27H40O3. The molecule has 2 saturated carbocycles. The first kappa shape index (κ1) is 22.0. The van der Waals surface area contributed by atoms with Gasteiger partial charge in [0.2, 0.25) is 0 Å². The van der Waals surface area contributed by atoms with Crippen LogP contribution in [-0.4, -0.2) is 28.5 Å². The zero-order chi connectivity index (χ0) is 21.7. The van der Waals surface area contributed by atoms with Gasteiger partial charge in [-0.3, -0.25) is 0 Å². The third kappa shape index (κ3) is 3.67. The summed E-state index contributed by atoms with van der Waals surface area (Å²) < 4.78 is 6.52. The van der Waals surface area contributed by atoms with Crippen molar-refractivity contribution < 1.29 is 14.9 Å². The standard InChI is InChI=1S/C27H40O3/c1-17-11-12-22-26(3,4)15-23(28)27(22,5)25(29)21-14-18(2)24(20(21)13-17)30-16-19-9-7-6-8-10-19/h6-11,18,20-25,28-29H,12-16H2,1-5H3/b17-11-/t18-,20+,21+,22-,23-,24+,25+,27+/m1/s1. The molecular weight excluding hydrogens is 372 g/mol. The van der Waals surface area contributed by atoms with Crippen LogP contribution in [0.2, 0.25) is 0 Å². The van der Waals surface area contributed by atoms with E-state index < -0.39 is 17.6 Å². The normalized spacial score (nSPS) is 44.9. The Morgan fingerprint density at radius 1 is 1.07 bits per heavy atom. The number of ether oxygens (including phenoxy) is 1. The first-order valence-electron chi connectivity index (χ1n) is 11.8. The van der Waals surface area contributed by atoms with E-state index in [1.807, 2.05) is 6.07 Å². The second-order valence-corrected chi connectivity index (χ2v) is 11.4. The summed E-state index contributed by atoms with van der Waals surface area (Å²) in [5, 5.41) is 23.0. The molecule has 166 valence electrons. The van der Waals surface area contributed by atoms with Gasteiger partial charge >= 0.3 is 0 Å². The Morgan fingerprint density at radius 2 is 1.77 bits per heavy atom. The van der Waals surface area contributed by atoms with E-state index in [4.69, 9.17) is 4.74 Å². The Kier molecular flexibility index (Phi) is 5.93. The number of hydrogen-bond donors (Lipinski definition) is 2. The molecule has 1 aromatic carbocycles. The molecule has 0 spiro atoms. The molecule has 0 bridgehead atoms. The first-order chi connectivity index (χ1) is 14.1. The molecule has 0 saturated heterocycles. The summed E-state index contributed by atoms with van der Waals surface area (Å²) in [4.78, 5) is 0. The van der Waals surface area contributed by atoms with Gasteiger partial charge in [0.25, 0.3) is 0 Å². The zero-order valence-corrected chi connectivity index (χ0v) is 19.3. The van der Waals surface area contributed by atoms with E-state index in [9.17, 15) is 10.2 Å². The molecule has 0 radical (unpaired) electrons. The fourth-order valence-electron chi connectivity index (χ4n) is 7.24. The van der Waals surface area contributed by atoms with E-state index in [0.717, 1.165) is 25.7 Å².